The van der Waals surface area contributed by atoms with Crippen molar-refractivity contribution in [2.45, 2.75) is 65.6 Å². The van der Waals surface area contributed by atoms with Crippen LogP contribution in [0.25, 0.3) is 0 Å². The normalized spacial score (nSPS) is 18.4. The van der Waals surface area contributed by atoms with E-state index in [1.807, 2.05) is 23.6 Å². The second-order valence-electron chi connectivity index (χ2n) is 9.97. The molecule has 1 aromatic carbocycles. The summed E-state index contributed by atoms with van der Waals surface area (Å²) in [6.07, 6.45) is 3.55. The predicted octanol–water partition coefficient (Wildman–Crippen LogP) is 3.17. The molecule has 180 valence electrons. The van der Waals surface area contributed by atoms with Gasteiger partial charge in [-0.1, -0.05) is 18.2 Å². The highest BCUT2D eigenvalue weighted by Crippen LogP contribution is 2.33. The molecule has 0 saturated carbocycles. The Kier molecular flexibility index (Phi) is 5.91. The first-order valence-corrected chi connectivity index (χ1v) is 12.4. The van der Waals surface area contributed by atoms with Gasteiger partial charge in [0.25, 0.3) is 5.91 Å². The SMILES string of the molecule is CC(=O)N1CCN(c2nc(NC(C)c3ccc4c(c3)CCC4)c3c(n2)C(=O)N(C(C)C)C3)CC1. The molecular formula is C26H34N6O2. The number of aromatic nitrogens is 2. The van der Waals surface area contributed by atoms with Gasteiger partial charge in [0.1, 0.15) is 11.5 Å². The van der Waals surface area contributed by atoms with Crippen LogP contribution in [0.5, 0.6) is 0 Å². The van der Waals surface area contributed by atoms with E-state index >= 15 is 0 Å². The maximum Gasteiger partial charge on any atom is 0.273 e. The molecule has 1 fully saturated rings. The third kappa shape index (κ3) is 4.10. The fourth-order valence-corrected chi connectivity index (χ4v) is 5.23. The number of benzene rings is 1. The first-order chi connectivity index (χ1) is 16.3. The Morgan fingerprint density at radius 2 is 1.76 bits per heavy atom. The number of piperazine rings is 1. The minimum absolute atomic E-state index is 0.0377. The Labute approximate surface area is 201 Å². The van der Waals surface area contributed by atoms with Crippen LogP contribution in [0.2, 0.25) is 0 Å². The molecule has 1 N–H and O–H groups in total. The number of rotatable bonds is 5. The van der Waals surface area contributed by atoms with Gasteiger partial charge >= 0.3 is 0 Å². The number of nitrogens with one attached hydrogen (secondary N) is 1. The molecule has 0 spiro atoms. The topological polar surface area (TPSA) is 81.7 Å². The molecule has 1 aliphatic carbocycles. The Balaban J connectivity index is 1.45. The second kappa shape index (κ2) is 8.89. The maximum atomic E-state index is 13.2. The molecule has 8 heteroatoms. The molecule has 8 nitrogen and oxygen atoms in total. The summed E-state index contributed by atoms with van der Waals surface area (Å²) >= 11 is 0. The van der Waals surface area contributed by atoms with Crippen LogP contribution in [0.15, 0.2) is 18.2 Å². The molecule has 0 bridgehead atoms. The van der Waals surface area contributed by atoms with Crippen LogP contribution in [0, 0.1) is 0 Å². The van der Waals surface area contributed by atoms with Crippen molar-refractivity contribution in [2.24, 2.45) is 0 Å². The number of carbonyl (C=O) groups excluding carboxylic acids is 2. The van der Waals surface area contributed by atoms with Crippen LogP contribution < -0.4 is 10.2 Å². The monoisotopic (exact) mass is 462 g/mol. The van der Waals surface area contributed by atoms with Crippen LogP contribution in [-0.2, 0) is 24.2 Å². The van der Waals surface area contributed by atoms with Gasteiger partial charge in [0.05, 0.1) is 6.54 Å². The third-order valence-electron chi connectivity index (χ3n) is 7.39. The van der Waals surface area contributed by atoms with Crippen molar-refractivity contribution in [3.8, 4) is 0 Å². The summed E-state index contributed by atoms with van der Waals surface area (Å²) in [5.74, 6) is 1.34. The lowest BCUT2D eigenvalue weighted by atomic mass is 10.0. The standard InChI is InChI=1S/C26H34N6O2/c1-16(2)32-15-22-23(25(32)34)28-26(31-12-10-30(11-13-31)18(4)33)29-24(22)27-17(3)20-9-8-19-6-5-7-21(19)14-20/h8-9,14,16-17H,5-7,10-13,15H2,1-4H3,(H,27,28,29). The van der Waals surface area contributed by atoms with Gasteiger partial charge in [0.2, 0.25) is 11.9 Å². The van der Waals surface area contributed by atoms with Gasteiger partial charge in [0, 0.05) is 50.7 Å². The van der Waals surface area contributed by atoms with E-state index in [1.54, 1.807) is 6.92 Å². The van der Waals surface area contributed by atoms with Crippen molar-refractivity contribution in [3.05, 3.63) is 46.1 Å². The van der Waals surface area contributed by atoms with Gasteiger partial charge in [-0.25, -0.2) is 4.98 Å². The van der Waals surface area contributed by atoms with Crippen LogP contribution in [0.4, 0.5) is 11.8 Å². The zero-order valence-corrected chi connectivity index (χ0v) is 20.6. The highest BCUT2D eigenvalue weighted by molar-refractivity contribution is 5.98. The lowest BCUT2D eigenvalue weighted by Crippen LogP contribution is -2.48. The largest absolute Gasteiger partial charge is 0.363 e. The van der Waals surface area contributed by atoms with Gasteiger partial charge in [-0.3, -0.25) is 9.59 Å². The van der Waals surface area contributed by atoms with Crippen molar-refractivity contribution in [2.75, 3.05) is 36.4 Å². The average Bonchev–Trinajstić information content (AvgIpc) is 3.43. The Morgan fingerprint density at radius 1 is 1.03 bits per heavy atom. The van der Waals surface area contributed by atoms with E-state index in [1.165, 1.54) is 29.5 Å². The van der Waals surface area contributed by atoms with Crippen LogP contribution in [0.3, 0.4) is 0 Å². The number of anilines is 2. The Hall–Kier alpha value is -3.16. The quantitative estimate of drug-likeness (QED) is 0.735. The zero-order chi connectivity index (χ0) is 24.0. The Morgan fingerprint density at radius 3 is 2.47 bits per heavy atom. The fourth-order valence-electron chi connectivity index (χ4n) is 5.23. The van der Waals surface area contributed by atoms with Crippen LogP contribution in [-0.4, -0.2) is 63.8 Å². The fraction of sp³-hybridized carbons (Fsp3) is 0.538. The van der Waals surface area contributed by atoms with E-state index in [0.717, 1.165) is 17.8 Å². The van der Waals surface area contributed by atoms with Crippen molar-refractivity contribution in [1.82, 2.24) is 19.8 Å². The van der Waals surface area contributed by atoms with E-state index in [2.05, 4.69) is 35.3 Å². The summed E-state index contributed by atoms with van der Waals surface area (Å²) in [7, 11) is 0. The van der Waals surface area contributed by atoms with Crippen molar-refractivity contribution in [3.63, 3.8) is 0 Å². The van der Waals surface area contributed by atoms with Gasteiger partial charge in [-0.2, -0.15) is 4.98 Å². The van der Waals surface area contributed by atoms with Gasteiger partial charge in [-0.15, -0.1) is 0 Å². The molecular weight excluding hydrogens is 428 g/mol. The van der Waals surface area contributed by atoms with Crippen LogP contribution in [0.1, 0.15) is 72.9 Å². The summed E-state index contributed by atoms with van der Waals surface area (Å²) in [5.41, 5.74) is 5.51. The molecule has 2 aromatic rings. The van der Waals surface area contributed by atoms with E-state index in [4.69, 9.17) is 9.97 Å². The molecule has 5 rings (SSSR count). The number of nitrogens with zero attached hydrogens (tertiary/aromatic N) is 5. The molecule has 0 radical (unpaired) electrons. The maximum absolute atomic E-state index is 13.2. The molecule has 2 amide bonds. The lowest BCUT2D eigenvalue weighted by Gasteiger charge is -2.34. The number of fused-ring (bicyclic) bond motifs is 2. The van der Waals surface area contributed by atoms with E-state index in [-0.39, 0.29) is 23.9 Å². The molecule has 1 aromatic heterocycles. The van der Waals surface area contributed by atoms with Gasteiger partial charge in [-0.05, 0) is 56.7 Å². The third-order valence-corrected chi connectivity index (χ3v) is 7.39. The molecule has 2 aliphatic heterocycles. The summed E-state index contributed by atoms with van der Waals surface area (Å²) in [6.45, 7) is 10.9. The first-order valence-electron chi connectivity index (χ1n) is 12.4. The van der Waals surface area contributed by atoms with Crippen molar-refractivity contribution >= 4 is 23.6 Å². The molecule has 1 unspecified atom stereocenters. The highest BCUT2D eigenvalue weighted by Gasteiger charge is 2.35. The molecule has 3 aliphatic rings. The number of amides is 2. The van der Waals surface area contributed by atoms with E-state index in [0.29, 0.717) is 44.4 Å². The molecule has 3 heterocycles. The molecule has 34 heavy (non-hydrogen) atoms. The number of hydrogen-bond donors (Lipinski definition) is 1. The smallest absolute Gasteiger partial charge is 0.273 e. The van der Waals surface area contributed by atoms with E-state index in [9.17, 15) is 9.59 Å². The number of aryl methyl sites for hydroxylation is 2. The summed E-state index contributed by atoms with van der Waals surface area (Å²) < 4.78 is 0. The molecule has 1 saturated heterocycles. The Bertz CT molecular complexity index is 1120. The average molecular weight is 463 g/mol. The van der Waals surface area contributed by atoms with Gasteiger partial charge in [0.15, 0.2) is 0 Å². The minimum Gasteiger partial charge on any atom is -0.363 e. The minimum atomic E-state index is -0.0377. The van der Waals surface area contributed by atoms with Crippen LogP contribution >= 0.6 is 0 Å². The van der Waals surface area contributed by atoms with Crippen molar-refractivity contribution < 1.29 is 9.59 Å². The van der Waals surface area contributed by atoms with E-state index < -0.39 is 0 Å². The number of carbonyl (C=O) groups is 2. The van der Waals surface area contributed by atoms with Crippen molar-refractivity contribution in [1.29, 1.82) is 0 Å². The summed E-state index contributed by atoms with van der Waals surface area (Å²) in [6, 6.07) is 6.91. The number of hydrogen-bond acceptors (Lipinski definition) is 6. The molecule has 1 atom stereocenters. The zero-order valence-electron chi connectivity index (χ0n) is 20.6. The summed E-state index contributed by atoms with van der Waals surface area (Å²) in [5, 5.41) is 3.62. The lowest BCUT2D eigenvalue weighted by molar-refractivity contribution is -0.129. The second-order valence-corrected chi connectivity index (χ2v) is 9.97. The van der Waals surface area contributed by atoms with Gasteiger partial charge < -0.3 is 20.0 Å². The highest BCUT2D eigenvalue weighted by atomic mass is 16.2. The summed E-state index contributed by atoms with van der Waals surface area (Å²) in [4.78, 5) is 40.3. The first kappa shape index (κ1) is 22.6. The predicted molar refractivity (Wildman–Crippen MR) is 132 cm³/mol.